The minimum Gasteiger partial charge on any atom is -0.481 e. The lowest BCUT2D eigenvalue weighted by Gasteiger charge is -2.22. The van der Waals surface area contributed by atoms with Crippen molar-refractivity contribution in [1.82, 2.24) is 4.90 Å². The number of nitrogens with zero attached hydrogens (tertiary/aromatic N) is 1. The molecule has 3 nitrogen and oxygen atoms in total. The van der Waals surface area contributed by atoms with E-state index in [1.54, 1.807) is 0 Å². The molecule has 2 unspecified atom stereocenters. The van der Waals surface area contributed by atoms with Gasteiger partial charge >= 0.3 is 5.97 Å². The molecule has 1 saturated heterocycles. The van der Waals surface area contributed by atoms with Gasteiger partial charge in [0.25, 0.3) is 0 Å². The molecule has 0 spiro atoms. The molecular formula is C13H17NO2. The molecule has 16 heavy (non-hydrogen) atoms. The largest absolute Gasteiger partial charge is 0.481 e. The predicted octanol–water partition coefficient (Wildman–Crippen LogP) is 1.63. The molecule has 1 aromatic rings. The van der Waals surface area contributed by atoms with Gasteiger partial charge in [0.2, 0.25) is 0 Å². The van der Waals surface area contributed by atoms with Crippen LogP contribution in [0.2, 0.25) is 0 Å². The van der Waals surface area contributed by atoms with Crippen LogP contribution in [0.1, 0.15) is 12.0 Å². The predicted molar refractivity (Wildman–Crippen MR) is 62.3 cm³/mol. The molecule has 0 radical (unpaired) electrons. The molecule has 1 aliphatic heterocycles. The van der Waals surface area contributed by atoms with E-state index >= 15 is 0 Å². The van der Waals surface area contributed by atoms with Gasteiger partial charge in [-0.1, -0.05) is 30.3 Å². The SMILES string of the molecule is CN1CCC(C(=O)O)C1Cc1ccccc1. The summed E-state index contributed by atoms with van der Waals surface area (Å²) in [6.07, 6.45) is 1.59. The Morgan fingerprint density at radius 2 is 2.12 bits per heavy atom. The summed E-state index contributed by atoms with van der Waals surface area (Å²) < 4.78 is 0. The van der Waals surface area contributed by atoms with E-state index in [9.17, 15) is 4.79 Å². The van der Waals surface area contributed by atoms with Gasteiger partial charge in [0.15, 0.2) is 0 Å². The molecule has 0 aromatic heterocycles. The maximum atomic E-state index is 11.1. The number of carboxylic acids is 1. The van der Waals surface area contributed by atoms with Crippen LogP contribution in [0.15, 0.2) is 30.3 Å². The normalized spacial score (nSPS) is 25.8. The van der Waals surface area contributed by atoms with E-state index in [1.165, 1.54) is 5.56 Å². The molecule has 1 fully saturated rings. The van der Waals surface area contributed by atoms with Crippen LogP contribution in [0.25, 0.3) is 0 Å². The topological polar surface area (TPSA) is 40.5 Å². The highest BCUT2D eigenvalue weighted by molar-refractivity contribution is 5.71. The first-order valence-corrected chi connectivity index (χ1v) is 5.65. The van der Waals surface area contributed by atoms with Crippen molar-refractivity contribution >= 4 is 5.97 Å². The van der Waals surface area contributed by atoms with E-state index in [0.717, 1.165) is 19.4 Å². The zero-order valence-corrected chi connectivity index (χ0v) is 9.47. The highest BCUT2D eigenvalue weighted by Gasteiger charge is 2.36. The molecule has 0 saturated carbocycles. The van der Waals surface area contributed by atoms with Gasteiger partial charge in [-0.3, -0.25) is 4.79 Å². The summed E-state index contributed by atoms with van der Waals surface area (Å²) in [5.74, 6) is -0.879. The van der Waals surface area contributed by atoms with Crippen LogP contribution in [0.5, 0.6) is 0 Å². The van der Waals surface area contributed by atoms with Crippen LogP contribution < -0.4 is 0 Å². The third kappa shape index (κ3) is 2.25. The summed E-state index contributed by atoms with van der Waals surface area (Å²) in [4.78, 5) is 13.3. The van der Waals surface area contributed by atoms with Gasteiger partial charge in [0.1, 0.15) is 0 Å². The monoisotopic (exact) mass is 219 g/mol. The molecule has 0 aliphatic carbocycles. The van der Waals surface area contributed by atoms with Gasteiger partial charge in [0, 0.05) is 6.04 Å². The van der Waals surface area contributed by atoms with E-state index < -0.39 is 5.97 Å². The quantitative estimate of drug-likeness (QED) is 0.840. The molecule has 86 valence electrons. The van der Waals surface area contributed by atoms with E-state index in [-0.39, 0.29) is 12.0 Å². The second kappa shape index (κ2) is 4.66. The molecule has 2 atom stereocenters. The van der Waals surface area contributed by atoms with Crippen molar-refractivity contribution < 1.29 is 9.90 Å². The summed E-state index contributed by atoms with van der Waals surface area (Å²) in [7, 11) is 2.01. The molecule has 0 bridgehead atoms. The van der Waals surface area contributed by atoms with Crippen molar-refractivity contribution in [2.75, 3.05) is 13.6 Å². The van der Waals surface area contributed by atoms with E-state index in [1.807, 2.05) is 25.2 Å². The van der Waals surface area contributed by atoms with Crippen molar-refractivity contribution in [1.29, 1.82) is 0 Å². The Kier molecular flexibility index (Phi) is 3.25. The van der Waals surface area contributed by atoms with Crippen molar-refractivity contribution in [2.45, 2.75) is 18.9 Å². The lowest BCUT2D eigenvalue weighted by atomic mass is 9.94. The molecule has 1 aromatic carbocycles. The minimum atomic E-state index is -0.662. The number of aliphatic carboxylic acids is 1. The molecule has 1 N–H and O–H groups in total. The second-order valence-corrected chi connectivity index (χ2v) is 4.47. The van der Waals surface area contributed by atoms with Crippen LogP contribution in [0, 0.1) is 5.92 Å². The Morgan fingerprint density at radius 3 is 2.75 bits per heavy atom. The number of carboxylic acid groups (broad SMARTS) is 1. The first-order chi connectivity index (χ1) is 7.68. The fourth-order valence-electron chi connectivity index (χ4n) is 2.45. The first kappa shape index (κ1) is 11.1. The average Bonchev–Trinajstić information content (AvgIpc) is 2.62. The average molecular weight is 219 g/mol. The Hall–Kier alpha value is -1.35. The zero-order chi connectivity index (χ0) is 11.5. The summed E-state index contributed by atoms with van der Waals surface area (Å²) in [6, 6.07) is 10.2. The van der Waals surface area contributed by atoms with Gasteiger partial charge in [-0.15, -0.1) is 0 Å². The lowest BCUT2D eigenvalue weighted by Crippen LogP contribution is -2.34. The third-order valence-corrected chi connectivity index (χ3v) is 3.43. The van der Waals surface area contributed by atoms with Crippen LogP contribution >= 0.6 is 0 Å². The van der Waals surface area contributed by atoms with Crippen molar-refractivity contribution in [3.05, 3.63) is 35.9 Å². The highest BCUT2D eigenvalue weighted by Crippen LogP contribution is 2.26. The number of benzene rings is 1. The maximum Gasteiger partial charge on any atom is 0.308 e. The number of hydrogen-bond donors (Lipinski definition) is 1. The molecule has 0 amide bonds. The fraction of sp³-hybridized carbons (Fsp3) is 0.462. The Labute approximate surface area is 95.7 Å². The van der Waals surface area contributed by atoms with Gasteiger partial charge in [-0.05, 0) is 32.0 Å². The number of carbonyl (C=O) groups is 1. The number of hydrogen-bond acceptors (Lipinski definition) is 2. The lowest BCUT2D eigenvalue weighted by molar-refractivity contribution is -0.142. The van der Waals surface area contributed by atoms with E-state index in [0.29, 0.717) is 0 Å². The van der Waals surface area contributed by atoms with Crippen molar-refractivity contribution in [3.63, 3.8) is 0 Å². The van der Waals surface area contributed by atoms with Crippen LogP contribution in [-0.4, -0.2) is 35.6 Å². The Morgan fingerprint density at radius 1 is 1.44 bits per heavy atom. The van der Waals surface area contributed by atoms with Crippen LogP contribution in [0.3, 0.4) is 0 Å². The number of rotatable bonds is 3. The van der Waals surface area contributed by atoms with Crippen LogP contribution in [-0.2, 0) is 11.2 Å². The second-order valence-electron chi connectivity index (χ2n) is 4.47. The minimum absolute atomic E-state index is 0.139. The van der Waals surface area contributed by atoms with Gasteiger partial charge in [-0.25, -0.2) is 0 Å². The molecule has 1 aliphatic rings. The Bertz CT molecular complexity index is 363. The summed E-state index contributed by atoms with van der Waals surface area (Å²) in [5.41, 5.74) is 1.22. The van der Waals surface area contributed by atoms with Gasteiger partial charge in [-0.2, -0.15) is 0 Å². The van der Waals surface area contributed by atoms with Crippen molar-refractivity contribution in [3.8, 4) is 0 Å². The molecule has 2 rings (SSSR count). The first-order valence-electron chi connectivity index (χ1n) is 5.65. The third-order valence-electron chi connectivity index (χ3n) is 3.43. The van der Waals surface area contributed by atoms with Gasteiger partial charge < -0.3 is 10.0 Å². The Balaban J connectivity index is 2.10. The molecule has 3 heteroatoms. The number of likely N-dealkylation sites (tertiary alicyclic amines) is 1. The molecule has 1 heterocycles. The van der Waals surface area contributed by atoms with Crippen molar-refractivity contribution in [2.24, 2.45) is 5.92 Å². The summed E-state index contributed by atoms with van der Waals surface area (Å²) in [5, 5.41) is 9.15. The zero-order valence-electron chi connectivity index (χ0n) is 9.47. The highest BCUT2D eigenvalue weighted by atomic mass is 16.4. The van der Waals surface area contributed by atoms with E-state index in [2.05, 4.69) is 17.0 Å². The van der Waals surface area contributed by atoms with Gasteiger partial charge in [0.05, 0.1) is 5.92 Å². The summed E-state index contributed by atoms with van der Waals surface area (Å²) >= 11 is 0. The summed E-state index contributed by atoms with van der Waals surface area (Å²) in [6.45, 7) is 0.883. The maximum absolute atomic E-state index is 11.1. The van der Waals surface area contributed by atoms with E-state index in [4.69, 9.17) is 5.11 Å². The molecular weight excluding hydrogens is 202 g/mol. The number of likely N-dealkylation sites (N-methyl/N-ethyl adjacent to an activating group) is 1. The van der Waals surface area contributed by atoms with Crippen LogP contribution in [0.4, 0.5) is 0 Å². The standard InChI is InChI=1S/C13H17NO2/c1-14-8-7-11(13(15)16)12(14)9-10-5-3-2-4-6-10/h2-6,11-12H,7-9H2,1H3,(H,15,16). The fourth-order valence-corrected chi connectivity index (χ4v) is 2.45. The smallest absolute Gasteiger partial charge is 0.308 e.